The number of urea groups is 1. The van der Waals surface area contributed by atoms with E-state index in [4.69, 9.17) is 4.74 Å². The fraction of sp³-hybridized carbons (Fsp3) is 0.222. The molecule has 5 nitrogen and oxygen atoms in total. The summed E-state index contributed by atoms with van der Waals surface area (Å²) in [7, 11) is 1.35. The molecule has 1 N–H and O–H groups in total. The fourth-order valence-electron chi connectivity index (χ4n) is 2.81. The Balaban J connectivity index is 2.01. The third kappa shape index (κ3) is 3.62. The highest BCUT2D eigenvalue weighted by atomic mass is 79.9. The second kappa shape index (κ2) is 7.41. The minimum atomic E-state index is -0.511. The number of thiophene rings is 1. The number of esters is 1. The van der Waals surface area contributed by atoms with E-state index in [2.05, 4.69) is 21.2 Å². The Labute approximate surface area is 158 Å². The van der Waals surface area contributed by atoms with Crippen molar-refractivity contribution in [1.29, 1.82) is 0 Å². The maximum atomic E-state index is 12.7. The number of methoxy groups -OCH3 is 1. The number of carbonyl (C=O) groups is 2. The van der Waals surface area contributed by atoms with Crippen molar-refractivity contribution in [2.45, 2.75) is 19.5 Å². The van der Waals surface area contributed by atoms with Gasteiger partial charge in [-0.15, -0.1) is 11.3 Å². The fourth-order valence-corrected chi connectivity index (χ4v) is 4.29. The highest BCUT2D eigenvalue weighted by molar-refractivity contribution is 9.11. The van der Waals surface area contributed by atoms with Crippen molar-refractivity contribution in [2.75, 3.05) is 7.11 Å². The molecule has 2 aromatic rings. The van der Waals surface area contributed by atoms with E-state index in [-0.39, 0.29) is 6.03 Å². The van der Waals surface area contributed by atoms with E-state index in [1.165, 1.54) is 18.4 Å². The van der Waals surface area contributed by atoms with E-state index in [9.17, 15) is 9.59 Å². The Bertz CT molecular complexity index is 832. The summed E-state index contributed by atoms with van der Waals surface area (Å²) in [4.78, 5) is 27.5. The van der Waals surface area contributed by atoms with Crippen LogP contribution >= 0.6 is 27.3 Å². The Morgan fingerprint density at radius 3 is 2.60 bits per heavy atom. The molecule has 3 rings (SSSR count). The smallest absolute Gasteiger partial charge is 0.338 e. The van der Waals surface area contributed by atoms with Gasteiger partial charge in [-0.25, -0.2) is 9.59 Å². The quantitative estimate of drug-likeness (QED) is 0.752. The van der Waals surface area contributed by atoms with E-state index in [1.54, 1.807) is 11.8 Å². The number of hydrogen-bond donors (Lipinski definition) is 1. The predicted octanol–water partition coefficient (Wildman–Crippen LogP) is 4.22. The van der Waals surface area contributed by atoms with Gasteiger partial charge >= 0.3 is 12.0 Å². The zero-order chi connectivity index (χ0) is 18.0. The second-order valence-electron chi connectivity index (χ2n) is 5.59. The van der Waals surface area contributed by atoms with E-state index in [0.29, 0.717) is 17.8 Å². The molecule has 0 saturated carbocycles. The maximum Gasteiger partial charge on any atom is 0.338 e. The lowest BCUT2D eigenvalue weighted by atomic mass is 10.00. The molecule has 0 aliphatic carbocycles. The number of allylic oxidation sites excluding steroid dienone is 1. The number of nitrogens with zero attached hydrogens (tertiary/aromatic N) is 1. The number of halogens is 1. The van der Waals surface area contributed by atoms with Crippen LogP contribution in [0.25, 0.3) is 0 Å². The monoisotopic (exact) mass is 420 g/mol. The van der Waals surface area contributed by atoms with Crippen molar-refractivity contribution in [1.82, 2.24) is 10.2 Å². The van der Waals surface area contributed by atoms with Gasteiger partial charge in [0.05, 0.1) is 29.1 Å². The summed E-state index contributed by atoms with van der Waals surface area (Å²) in [5.41, 5.74) is 2.04. The number of hydrogen-bond acceptors (Lipinski definition) is 4. The number of amides is 2. The van der Waals surface area contributed by atoms with Crippen LogP contribution in [-0.2, 0) is 16.1 Å². The van der Waals surface area contributed by atoms with Gasteiger partial charge in [0.2, 0.25) is 0 Å². The third-order valence-corrected chi connectivity index (χ3v) is 5.75. The molecule has 1 unspecified atom stereocenters. The predicted molar refractivity (Wildman–Crippen MR) is 100.0 cm³/mol. The summed E-state index contributed by atoms with van der Waals surface area (Å²) < 4.78 is 5.91. The van der Waals surface area contributed by atoms with Gasteiger partial charge in [-0.2, -0.15) is 0 Å². The molecule has 7 heteroatoms. The molecule has 1 aliphatic heterocycles. The lowest BCUT2D eigenvalue weighted by Gasteiger charge is -2.34. The Morgan fingerprint density at radius 1 is 1.28 bits per heavy atom. The minimum Gasteiger partial charge on any atom is -0.466 e. The van der Waals surface area contributed by atoms with Gasteiger partial charge in [0, 0.05) is 10.6 Å². The van der Waals surface area contributed by atoms with Crippen molar-refractivity contribution in [2.24, 2.45) is 0 Å². The SMILES string of the molecule is COC(=O)C1=C(C)N(Cc2ccccc2)C(=O)NC1c1ccc(Br)s1. The average Bonchev–Trinajstić information content (AvgIpc) is 3.04. The summed E-state index contributed by atoms with van der Waals surface area (Å²) in [6.07, 6.45) is 0. The maximum absolute atomic E-state index is 12.7. The molecule has 1 atom stereocenters. The van der Waals surface area contributed by atoms with Crippen molar-refractivity contribution in [3.05, 3.63) is 68.0 Å². The molecule has 0 saturated heterocycles. The van der Waals surface area contributed by atoms with Gasteiger partial charge in [0.15, 0.2) is 0 Å². The number of rotatable bonds is 4. The summed E-state index contributed by atoms with van der Waals surface area (Å²) in [6, 6.07) is 12.7. The molecule has 1 aliphatic rings. The van der Waals surface area contributed by atoms with Crippen LogP contribution in [0.1, 0.15) is 23.4 Å². The first-order valence-corrected chi connectivity index (χ1v) is 9.28. The van der Waals surface area contributed by atoms with Crippen LogP contribution in [-0.4, -0.2) is 24.0 Å². The summed E-state index contributed by atoms with van der Waals surface area (Å²) in [6.45, 7) is 2.17. The first-order chi connectivity index (χ1) is 12.0. The molecular weight excluding hydrogens is 404 g/mol. The molecule has 0 bridgehead atoms. The van der Waals surface area contributed by atoms with Crippen LogP contribution in [0, 0.1) is 0 Å². The van der Waals surface area contributed by atoms with E-state index < -0.39 is 12.0 Å². The molecule has 1 aromatic heterocycles. The molecule has 2 heterocycles. The van der Waals surface area contributed by atoms with Crippen LogP contribution in [0.15, 0.2) is 57.5 Å². The largest absolute Gasteiger partial charge is 0.466 e. The highest BCUT2D eigenvalue weighted by Crippen LogP contribution is 2.36. The summed E-state index contributed by atoms with van der Waals surface area (Å²) in [5, 5.41) is 2.93. The number of benzene rings is 1. The van der Waals surface area contributed by atoms with Crippen LogP contribution in [0.4, 0.5) is 4.79 Å². The minimum absolute atomic E-state index is 0.233. The van der Waals surface area contributed by atoms with Gasteiger partial charge < -0.3 is 10.1 Å². The van der Waals surface area contributed by atoms with Gasteiger partial charge in [0.1, 0.15) is 0 Å². The lowest BCUT2D eigenvalue weighted by Crippen LogP contribution is -2.47. The van der Waals surface area contributed by atoms with Gasteiger partial charge in [-0.1, -0.05) is 30.3 Å². The standard InChI is InChI=1S/C18H17BrN2O3S/c1-11-15(17(22)24-2)16(13-8-9-14(19)25-13)20-18(23)21(11)10-12-6-4-3-5-7-12/h3-9,16H,10H2,1-2H3,(H,20,23). The first kappa shape index (κ1) is 17.7. The summed E-state index contributed by atoms with van der Waals surface area (Å²) >= 11 is 4.90. The van der Waals surface area contributed by atoms with Crippen LogP contribution in [0.3, 0.4) is 0 Å². The molecule has 0 radical (unpaired) electrons. The van der Waals surface area contributed by atoms with Crippen LogP contribution in [0.2, 0.25) is 0 Å². The average molecular weight is 421 g/mol. The number of nitrogens with one attached hydrogen (secondary N) is 1. The zero-order valence-electron chi connectivity index (χ0n) is 13.8. The van der Waals surface area contributed by atoms with Gasteiger partial charge in [-0.05, 0) is 40.5 Å². The molecule has 0 spiro atoms. The van der Waals surface area contributed by atoms with Crippen molar-refractivity contribution >= 4 is 39.3 Å². The molecule has 2 amide bonds. The first-order valence-electron chi connectivity index (χ1n) is 7.67. The molecule has 1 aromatic carbocycles. The lowest BCUT2D eigenvalue weighted by molar-refractivity contribution is -0.136. The number of carbonyl (C=O) groups excluding carboxylic acids is 2. The van der Waals surface area contributed by atoms with Crippen molar-refractivity contribution in [3.8, 4) is 0 Å². The molecule has 0 fully saturated rings. The van der Waals surface area contributed by atoms with E-state index in [1.807, 2.05) is 42.5 Å². The van der Waals surface area contributed by atoms with E-state index >= 15 is 0 Å². The van der Waals surface area contributed by atoms with Crippen LogP contribution in [0.5, 0.6) is 0 Å². The molecule has 130 valence electrons. The number of ether oxygens (including phenoxy) is 1. The third-order valence-electron chi connectivity index (χ3n) is 4.06. The normalized spacial score (nSPS) is 17.5. The zero-order valence-corrected chi connectivity index (χ0v) is 16.2. The summed E-state index contributed by atoms with van der Waals surface area (Å²) in [5.74, 6) is -0.440. The van der Waals surface area contributed by atoms with E-state index in [0.717, 1.165) is 14.2 Å². The Morgan fingerprint density at radius 2 is 2.00 bits per heavy atom. The second-order valence-corrected chi connectivity index (χ2v) is 8.08. The highest BCUT2D eigenvalue weighted by Gasteiger charge is 2.36. The topological polar surface area (TPSA) is 58.6 Å². The molecular formula is C18H17BrN2O3S. The van der Waals surface area contributed by atoms with Crippen molar-refractivity contribution in [3.63, 3.8) is 0 Å². The Kier molecular flexibility index (Phi) is 5.24. The van der Waals surface area contributed by atoms with Crippen molar-refractivity contribution < 1.29 is 14.3 Å². The van der Waals surface area contributed by atoms with Gasteiger partial charge in [-0.3, -0.25) is 4.90 Å². The Hall–Kier alpha value is -2.12. The van der Waals surface area contributed by atoms with Crippen LogP contribution < -0.4 is 5.32 Å². The molecule has 25 heavy (non-hydrogen) atoms. The van der Waals surface area contributed by atoms with Gasteiger partial charge in [0.25, 0.3) is 0 Å².